The van der Waals surface area contributed by atoms with Crippen molar-refractivity contribution in [3.63, 3.8) is 0 Å². The zero-order valence-electron chi connectivity index (χ0n) is 17.2. The number of terminal acetylenes is 1. The van der Waals surface area contributed by atoms with E-state index < -0.39 is 23.6 Å². The molecule has 6 nitrogen and oxygen atoms in total. The highest BCUT2D eigenvalue weighted by Crippen LogP contribution is 2.36. The maximum atomic E-state index is 13.0. The van der Waals surface area contributed by atoms with Crippen molar-refractivity contribution in [2.45, 2.75) is 0 Å². The van der Waals surface area contributed by atoms with E-state index in [0.29, 0.717) is 22.0 Å². The van der Waals surface area contributed by atoms with E-state index in [1.54, 1.807) is 36.4 Å². The molecular formula is C25H17ClN2O4S. The molecular weight excluding hydrogens is 460 g/mol. The molecule has 8 heteroatoms. The van der Waals surface area contributed by atoms with Gasteiger partial charge < -0.3 is 10.1 Å². The molecule has 0 unspecified atom stereocenters. The highest BCUT2D eigenvalue weighted by molar-refractivity contribution is 8.18. The summed E-state index contributed by atoms with van der Waals surface area (Å²) in [7, 11) is 0. The van der Waals surface area contributed by atoms with Gasteiger partial charge in [0.2, 0.25) is 5.91 Å². The van der Waals surface area contributed by atoms with Crippen molar-refractivity contribution < 1.29 is 19.1 Å². The second kappa shape index (κ2) is 9.82. The smallest absolute Gasteiger partial charge is 0.294 e. The van der Waals surface area contributed by atoms with Crippen molar-refractivity contribution >= 4 is 63.0 Å². The average Bonchev–Trinajstić information content (AvgIpc) is 3.07. The first kappa shape index (κ1) is 22.5. The summed E-state index contributed by atoms with van der Waals surface area (Å²) in [5, 5.41) is 4.22. The number of fused-ring (bicyclic) bond motifs is 1. The number of para-hydroxylation sites is 1. The molecule has 3 amide bonds. The summed E-state index contributed by atoms with van der Waals surface area (Å²) in [6.45, 7) is -0.369. The molecule has 33 heavy (non-hydrogen) atoms. The number of hydrogen-bond acceptors (Lipinski definition) is 5. The van der Waals surface area contributed by atoms with Gasteiger partial charge in [0.15, 0.2) is 0 Å². The minimum atomic E-state index is -0.560. The van der Waals surface area contributed by atoms with Crippen LogP contribution in [0.1, 0.15) is 5.56 Å². The molecule has 1 heterocycles. The largest absolute Gasteiger partial charge is 0.480 e. The van der Waals surface area contributed by atoms with E-state index in [1.165, 1.54) is 0 Å². The molecule has 0 spiro atoms. The van der Waals surface area contributed by atoms with Crippen molar-refractivity contribution in [3.8, 4) is 18.1 Å². The number of nitrogens with zero attached hydrogens (tertiary/aromatic N) is 1. The number of benzene rings is 3. The number of rotatable bonds is 6. The molecule has 1 aliphatic rings. The van der Waals surface area contributed by atoms with Crippen LogP contribution in [-0.4, -0.2) is 35.1 Å². The van der Waals surface area contributed by atoms with Crippen LogP contribution in [0.5, 0.6) is 5.75 Å². The average molecular weight is 477 g/mol. The van der Waals surface area contributed by atoms with Crippen molar-refractivity contribution in [2.75, 3.05) is 18.5 Å². The molecule has 3 aromatic carbocycles. The van der Waals surface area contributed by atoms with Crippen LogP contribution >= 0.6 is 23.4 Å². The van der Waals surface area contributed by atoms with Gasteiger partial charge in [0.25, 0.3) is 11.1 Å². The predicted molar refractivity (Wildman–Crippen MR) is 131 cm³/mol. The van der Waals surface area contributed by atoms with Crippen LogP contribution in [0.3, 0.4) is 0 Å². The fourth-order valence-corrected chi connectivity index (χ4v) is 4.34. The second-order valence-corrected chi connectivity index (χ2v) is 8.39. The Morgan fingerprint density at radius 1 is 1.12 bits per heavy atom. The van der Waals surface area contributed by atoms with Gasteiger partial charge in [0, 0.05) is 5.56 Å². The summed E-state index contributed by atoms with van der Waals surface area (Å²) in [5.74, 6) is 1.82. The van der Waals surface area contributed by atoms with Crippen LogP contribution in [0.4, 0.5) is 10.5 Å². The predicted octanol–water partition coefficient (Wildman–Crippen LogP) is 5.18. The number of imide groups is 1. The van der Waals surface area contributed by atoms with Crippen LogP contribution in [0.2, 0.25) is 5.02 Å². The third-order valence-corrected chi connectivity index (χ3v) is 6.08. The number of amides is 3. The van der Waals surface area contributed by atoms with Gasteiger partial charge in [0.05, 0.1) is 15.6 Å². The number of anilines is 1. The van der Waals surface area contributed by atoms with Gasteiger partial charge >= 0.3 is 0 Å². The number of carbonyl (C=O) groups is 3. The first-order valence-electron chi connectivity index (χ1n) is 9.85. The Labute approximate surface area is 199 Å². The van der Waals surface area contributed by atoms with Gasteiger partial charge in [-0.3, -0.25) is 19.3 Å². The highest BCUT2D eigenvalue weighted by Gasteiger charge is 2.36. The normalized spacial score (nSPS) is 14.5. The number of thioether (sulfide) groups is 1. The number of carbonyl (C=O) groups excluding carboxylic acids is 3. The Bertz CT molecular complexity index is 1350. The van der Waals surface area contributed by atoms with Crippen LogP contribution in [-0.2, 0) is 9.59 Å². The van der Waals surface area contributed by atoms with Crippen LogP contribution in [0.15, 0.2) is 65.6 Å². The summed E-state index contributed by atoms with van der Waals surface area (Å²) in [6.07, 6.45) is 6.93. The summed E-state index contributed by atoms with van der Waals surface area (Å²) in [4.78, 5) is 39.0. The van der Waals surface area contributed by atoms with Crippen LogP contribution < -0.4 is 10.1 Å². The maximum absolute atomic E-state index is 13.0. The lowest BCUT2D eigenvalue weighted by Gasteiger charge is -2.13. The zero-order chi connectivity index (χ0) is 23.4. The number of nitrogens with one attached hydrogen (secondary N) is 1. The van der Waals surface area contributed by atoms with Crippen LogP contribution in [0.25, 0.3) is 16.8 Å². The lowest BCUT2D eigenvalue weighted by molar-refractivity contribution is -0.127. The Balaban J connectivity index is 1.60. The fourth-order valence-electron chi connectivity index (χ4n) is 3.33. The first-order valence-corrected chi connectivity index (χ1v) is 11.0. The van der Waals surface area contributed by atoms with Gasteiger partial charge in [-0.15, -0.1) is 6.42 Å². The third kappa shape index (κ3) is 4.87. The van der Waals surface area contributed by atoms with E-state index in [1.807, 2.05) is 30.3 Å². The Hall–Kier alpha value is -3.73. The minimum Gasteiger partial charge on any atom is -0.480 e. The van der Waals surface area contributed by atoms with Crippen molar-refractivity contribution in [3.05, 3.63) is 76.2 Å². The molecule has 0 radical (unpaired) electrons. The van der Waals surface area contributed by atoms with Gasteiger partial charge in [-0.2, -0.15) is 0 Å². The van der Waals surface area contributed by atoms with E-state index in [2.05, 4.69) is 11.2 Å². The lowest BCUT2D eigenvalue weighted by Crippen LogP contribution is -2.36. The number of hydrogen-bond donors (Lipinski definition) is 1. The monoisotopic (exact) mass is 476 g/mol. The molecule has 0 aliphatic carbocycles. The summed E-state index contributed by atoms with van der Waals surface area (Å²) < 4.78 is 5.66. The fraction of sp³-hybridized carbons (Fsp3) is 0.0800. The molecule has 1 saturated heterocycles. The number of halogens is 1. The van der Waals surface area contributed by atoms with E-state index in [-0.39, 0.29) is 11.5 Å². The Kier molecular flexibility index (Phi) is 6.68. The molecule has 4 rings (SSSR count). The first-order chi connectivity index (χ1) is 16.0. The van der Waals surface area contributed by atoms with Gasteiger partial charge in [-0.05, 0) is 46.8 Å². The molecule has 0 aromatic heterocycles. The van der Waals surface area contributed by atoms with E-state index in [4.69, 9.17) is 22.8 Å². The summed E-state index contributed by atoms with van der Waals surface area (Å²) in [5.41, 5.74) is 1.03. The highest BCUT2D eigenvalue weighted by atomic mass is 35.5. The van der Waals surface area contributed by atoms with Crippen molar-refractivity contribution in [2.24, 2.45) is 0 Å². The van der Waals surface area contributed by atoms with E-state index >= 15 is 0 Å². The van der Waals surface area contributed by atoms with E-state index in [0.717, 1.165) is 27.4 Å². The van der Waals surface area contributed by atoms with Gasteiger partial charge in [-0.1, -0.05) is 60.0 Å². The second-order valence-electron chi connectivity index (χ2n) is 6.99. The molecule has 0 saturated carbocycles. The standard InChI is InChI=1S/C25H17ClN2O4S/c1-2-13-32-21-12-11-16-7-3-4-8-17(16)18(21)14-22-24(30)28(25(31)33-22)15-23(29)27-20-10-6-5-9-19(20)26/h1,3-12,14H,13,15H2,(H,27,29)/b22-14+. The lowest BCUT2D eigenvalue weighted by atomic mass is 10.0. The Morgan fingerprint density at radius 2 is 1.88 bits per heavy atom. The zero-order valence-corrected chi connectivity index (χ0v) is 18.8. The minimum absolute atomic E-state index is 0.0584. The maximum Gasteiger partial charge on any atom is 0.294 e. The molecule has 164 valence electrons. The van der Waals surface area contributed by atoms with E-state index in [9.17, 15) is 14.4 Å². The molecule has 0 atom stereocenters. The van der Waals surface area contributed by atoms with Crippen molar-refractivity contribution in [1.29, 1.82) is 0 Å². The summed E-state index contributed by atoms with van der Waals surface area (Å²) in [6, 6.07) is 18.0. The summed E-state index contributed by atoms with van der Waals surface area (Å²) >= 11 is 6.82. The van der Waals surface area contributed by atoms with Gasteiger partial charge in [-0.25, -0.2) is 0 Å². The molecule has 1 N–H and O–H groups in total. The molecule has 1 aliphatic heterocycles. The third-order valence-electron chi connectivity index (χ3n) is 4.84. The quantitative estimate of drug-likeness (QED) is 0.392. The van der Waals surface area contributed by atoms with Gasteiger partial charge in [0.1, 0.15) is 18.9 Å². The SMILES string of the molecule is C#CCOc1ccc2ccccc2c1/C=C1/SC(=O)N(CC(=O)Nc2ccccc2Cl)C1=O. The Morgan fingerprint density at radius 3 is 2.67 bits per heavy atom. The molecule has 0 bridgehead atoms. The van der Waals surface area contributed by atoms with Crippen molar-refractivity contribution in [1.82, 2.24) is 4.90 Å². The molecule has 1 fully saturated rings. The topological polar surface area (TPSA) is 75.7 Å². The molecule has 3 aromatic rings. The number of ether oxygens (including phenoxy) is 1. The van der Waals surface area contributed by atoms with Crippen LogP contribution in [0, 0.1) is 12.3 Å².